The first-order valence-electron chi connectivity index (χ1n) is 10.9. The smallest absolute Gasteiger partial charge is 0.360 e. The lowest BCUT2D eigenvalue weighted by molar-refractivity contribution is 0.162. The lowest BCUT2D eigenvalue weighted by Crippen LogP contribution is -2.21. The maximum atomic E-state index is 11.4. The summed E-state index contributed by atoms with van der Waals surface area (Å²) in [5.74, 6) is 0.840. The van der Waals surface area contributed by atoms with Gasteiger partial charge >= 0.3 is 7.60 Å². The molecule has 190 valence electrons. The minimum absolute atomic E-state index is 0.153. The highest BCUT2D eigenvalue weighted by atomic mass is 35.5. The van der Waals surface area contributed by atoms with Crippen molar-refractivity contribution < 1.29 is 24.6 Å². The molecule has 0 bridgehead atoms. The molecule has 0 spiro atoms. The average Bonchev–Trinajstić information content (AvgIpc) is 3.19. The number of aromatic hydroxyl groups is 1. The molecule has 0 saturated carbocycles. The SMILES string of the molecule is O=P(O)(O)C(O)(P)CCCNc1nc(Nc2cccc(Cl)c2)c2ncn(Cc3cccc(O)c3)c2n1. The van der Waals surface area contributed by atoms with Crippen molar-refractivity contribution in [3.63, 3.8) is 0 Å². The topological polar surface area (TPSA) is 166 Å². The standard InChI is InChI=1S/C22H25ClN6O5P2/c23-15-5-2-6-16(11-15)26-19-18-20(29(13-25-18)12-14-4-1-7-17(30)10-14)28-21(27-19)24-9-3-8-22(31,35)36(32,33)34/h1-2,4-7,10-11,13,30-31H,3,8-9,12,35H2,(H2,32,33,34)(H2,24,26,27,28). The van der Waals surface area contributed by atoms with E-state index in [0.29, 0.717) is 34.2 Å². The maximum Gasteiger partial charge on any atom is 0.360 e. The fourth-order valence-corrected chi connectivity index (χ4v) is 4.32. The summed E-state index contributed by atoms with van der Waals surface area (Å²) in [6.45, 7) is 0.653. The molecule has 2 heterocycles. The van der Waals surface area contributed by atoms with Crippen LogP contribution in [0.4, 0.5) is 17.5 Å². The molecule has 2 aromatic heterocycles. The van der Waals surface area contributed by atoms with Crippen molar-refractivity contribution in [3.05, 3.63) is 65.4 Å². The van der Waals surface area contributed by atoms with E-state index in [2.05, 4.69) is 25.6 Å². The van der Waals surface area contributed by atoms with Crippen molar-refractivity contribution in [1.82, 2.24) is 19.5 Å². The van der Waals surface area contributed by atoms with E-state index in [1.165, 1.54) is 0 Å². The Morgan fingerprint density at radius 2 is 1.92 bits per heavy atom. The molecular weight excluding hydrogens is 526 g/mol. The summed E-state index contributed by atoms with van der Waals surface area (Å²) >= 11 is 6.12. The Morgan fingerprint density at radius 1 is 1.14 bits per heavy atom. The molecule has 6 N–H and O–H groups in total. The van der Waals surface area contributed by atoms with Gasteiger partial charge in [0, 0.05) is 17.3 Å². The summed E-state index contributed by atoms with van der Waals surface area (Å²) < 4.78 is 13.2. The molecule has 0 aliphatic rings. The van der Waals surface area contributed by atoms with Gasteiger partial charge in [-0.2, -0.15) is 9.97 Å². The Hall–Kier alpha value is -2.78. The molecule has 2 atom stereocenters. The highest BCUT2D eigenvalue weighted by molar-refractivity contribution is 7.61. The number of hydrogen-bond donors (Lipinski definition) is 6. The van der Waals surface area contributed by atoms with Crippen LogP contribution in [-0.2, 0) is 11.1 Å². The van der Waals surface area contributed by atoms with E-state index < -0.39 is 12.7 Å². The Bertz CT molecular complexity index is 1430. The van der Waals surface area contributed by atoms with Crippen LogP contribution in [0.5, 0.6) is 5.75 Å². The fourth-order valence-electron chi connectivity index (χ4n) is 3.48. The number of aromatic nitrogens is 4. The number of aliphatic hydroxyl groups is 1. The van der Waals surface area contributed by atoms with Gasteiger partial charge in [-0.3, -0.25) is 4.57 Å². The molecule has 2 aromatic carbocycles. The molecule has 0 saturated heterocycles. The van der Waals surface area contributed by atoms with Crippen LogP contribution >= 0.6 is 28.4 Å². The minimum Gasteiger partial charge on any atom is -0.508 e. The van der Waals surface area contributed by atoms with Crippen LogP contribution in [0, 0.1) is 0 Å². The highest BCUT2D eigenvalue weighted by Gasteiger charge is 2.39. The summed E-state index contributed by atoms with van der Waals surface area (Å²) in [6.07, 6.45) is 1.72. The van der Waals surface area contributed by atoms with Crippen LogP contribution in [0.15, 0.2) is 54.9 Å². The van der Waals surface area contributed by atoms with Crippen molar-refractivity contribution in [3.8, 4) is 5.75 Å². The van der Waals surface area contributed by atoms with Gasteiger partial charge in [-0.15, -0.1) is 0 Å². The largest absolute Gasteiger partial charge is 0.508 e. The number of phenolic OH excluding ortho intramolecular Hbond substituents is 1. The summed E-state index contributed by atoms with van der Waals surface area (Å²) in [4.78, 5) is 32.1. The number of imidazole rings is 1. The van der Waals surface area contributed by atoms with Gasteiger partial charge in [0.2, 0.25) is 5.95 Å². The summed E-state index contributed by atoms with van der Waals surface area (Å²) in [6, 6.07) is 14.0. The van der Waals surface area contributed by atoms with Gasteiger partial charge in [0.1, 0.15) is 5.75 Å². The zero-order valence-corrected chi connectivity index (χ0v) is 21.7. The maximum absolute atomic E-state index is 11.4. The number of halogens is 1. The monoisotopic (exact) mass is 550 g/mol. The van der Waals surface area contributed by atoms with Crippen molar-refractivity contribution >= 4 is 57.1 Å². The number of anilines is 3. The number of fused-ring (bicyclic) bond motifs is 1. The van der Waals surface area contributed by atoms with Crippen molar-refractivity contribution in [1.29, 1.82) is 0 Å². The second-order valence-corrected chi connectivity index (χ2v) is 11.9. The predicted octanol–water partition coefficient (Wildman–Crippen LogP) is 3.87. The van der Waals surface area contributed by atoms with E-state index in [1.807, 2.05) is 25.9 Å². The fraction of sp³-hybridized carbons (Fsp3) is 0.227. The summed E-state index contributed by atoms with van der Waals surface area (Å²) in [5, 5.41) is 24.4. The van der Waals surface area contributed by atoms with Gasteiger partial charge in [0.05, 0.1) is 12.9 Å². The highest BCUT2D eigenvalue weighted by Crippen LogP contribution is 2.55. The average molecular weight is 551 g/mol. The van der Waals surface area contributed by atoms with E-state index >= 15 is 0 Å². The van der Waals surface area contributed by atoms with Gasteiger partial charge < -0.3 is 35.2 Å². The van der Waals surface area contributed by atoms with Crippen molar-refractivity contribution in [2.24, 2.45) is 0 Å². The molecule has 14 heteroatoms. The number of benzene rings is 2. The molecule has 4 rings (SSSR count). The lowest BCUT2D eigenvalue weighted by atomic mass is 10.2. The zero-order valence-electron chi connectivity index (χ0n) is 18.9. The summed E-state index contributed by atoms with van der Waals surface area (Å²) in [5.41, 5.74) is 2.59. The van der Waals surface area contributed by atoms with Gasteiger partial charge in [-0.1, -0.05) is 39.0 Å². The van der Waals surface area contributed by atoms with E-state index in [1.54, 1.807) is 42.7 Å². The van der Waals surface area contributed by atoms with Gasteiger partial charge in [0.15, 0.2) is 22.1 Å². The minimum atomic E-state index is -4.69. The van der Waals surface area contributed by atoms with E-state index in [4.69, 9.17) is 11.6 Å². The predicted molar refractivity (Wildman–Crippen MR) is 142 cm³/mol. The van der Waals surface area contributed by atoms with Gasteiger partial charge in [-0.05, 0) is 48.7 Å². The Morgan fingerprint density at radius 3 is 2.64 bits per heavy atom. The Kier molecular flexibility index (Phi) is 7.80. The van der Waals surface area contributed by atoms with Crippen LogP contribution in [0.1, 0.15) is 18.4 Å². The molecule has 11 nitrogen and oxygen atoms in total. The molecule has 36 heavy (non-hydrogen) atoms. The summed E-state index contributed by atoms with van der Waals surface area (Å²) in [7, 11) is -2.87. The first-order valence-corrected chi connectivity index (χ1v) is 13.4. The molecule has 0 fully saturated rings. The lowest BCUT2D eigenvalue weighted by Gasteiger charge is -2.23. The van der Waals surface area contributed by atoms with E-state index in [0.717, 1.165) is 5.56 Å². The number of nitrogens with one attached hydrogen (secondary N) is 2. The molecule has 0 aliphatic heterocycles. The first-order chi connectivity index (χ1) is 17.0. The quantitative estimate of drug-likeness (QED) is 0.126. The third-order valence-electron chi connectivity index (χ3n) is 5.32. The zero-order chi connectivity index (χ0) is 25.9. The van der Waals surface area contributed by atoms with Crippen LogP contribution < -0.4 is 10.6 Å². The van der Waals surface area contributed by atoms with Gasteiger partial charge in [-0.25, -0.2) is 4.98 Å². The molecular formula is C22H25ClN6O5P2. The third kappa shape index (κ3) is 6.31. The molecule has 0 amide bonds. The first kappa shape index (κ1) is 26.3. The molecule has 4 aromatic rings. The number of hydrogen-bond acceptors (Lipinski definition) is 8. The van der Waals surface area contributed by atoms with Crippen LogP contribution in [0.25, 0.3) is 11.2 Å². The number of rotatable bonds is 10. The number of phenols is 1. The molecule has 0 radical (unpaired) electrons. The van der Waals surface area contributed by atoms with E-state index in [-0.39, 0.29) is 31.1 Å². The molecule has 2 unspecified atom stereocenters. The van der Waals surface area contributed by atoms with E-state index in [9.17, 15) is 24.6 Å². The second kappa shape index (κ2) is 10.7. The van der Waals surface area contributed by atoms with Crippen molar-refractivity contribution in [2.75, 3.05) is 17.2 Å². The van der Waals surface area contributed by atoms with Crippen molar-refractivity contribution in [2.45, 2.75) is 24.5 Å². The molecule has 0 aliphatic carbocycles. The Labute approximate surface area is 214 Å². The van der Waals surface area contributed by atoms with Crippen LogP contribution in [-0.4, -0.2) is 51.1 Å². The second-order valence-electron chi connectivity index (χ2n) is 8.20. The number of nitrogens with zero attached hydrogens (tertiary/aromatic N) is 4. The van der Waals surface area contributed by atoms with Crippen LogP contribution in [0.2, 0.25) is 5.02 Å². The normalized spacial score (nSPS) is 13.5. The van der Waals surface area contributed by atoms with Crippen LogP contribution in [0.3, 0.4) is 0 Å². The van der Waals surface area contributed by atoms with Gasteiger partial charge in [0.25, 0.3) is 0 Å². The Balaban J connectivity index is 1.62. The third-order valence-corrected chi connectivity index (χ3v) is 8.09.